The van der Waals surface area contributed by atoms with Crippen molar-refractivity contribution < 1.29 is 9.53 Å². The largest absolute Gasteiger partial charge is 0.462 e. The molecule has 0 aliphatic heterocycles. The second kappa shape index (κ2) is 6.34. The predicted molar refractivity (Wildman–Crippen MR) is 90.1 cm³/mol. The maximum Gasteiger partial charge on any atom is 0.340 e. The average Bonchev–Trinajstić information content (AvgIpc) is 2.62. The van der Waals surface area contributed by atoms with Crippen molar-refractivity contribution >= 4 is 22.7 Å². The summed E-state index contributed by atoms with van der Waals surface area (Å²) in [6, 6.07) is 12.7. The van der Waals surface area contributed by atoms with Crippen molar-refractivity contribution in [3.05, 3.63) is 53.7 Å². The third-order valence-corrected chi connectivity index (χ3v) is 3.54. The van der Waals surface area contributed by atoms with E-state index in [0.717, 1.165) is 5.56 Å². The number of esters is 1. The van der Waals surface area contributed by atoms with E-state index in [4.69, 9.17) is 15.7 Å². The second-order valence-electron chi connectivity index (χ2n) is 5.06. The van der Waals surface area contributed by atoms with Gasteiger partial charge in [0.25, 0.3) is 0 Å². The summed E-state index contributed by atoms with van der Waals surface area (Å²) in [6.45, 7) is 2.01. The molecule has 0 unspecified atom stereocenters. The zero-order valence-corrected chi connectivity index (χ0v) is 13.0. The van der Waals surface area contributed by atoms with Crippen molar-refractivity contribution in [2.24, 2.45) is 0 Å². The molecule has 0 bridgehead atoms. The number of hydrogen-bond donors (Lipinski definition) is 1. The molecule has 0 amide bonds. The fraction of sp³-hybridized carbons (Fsp3) is 0.111. The maximum atomic E-state index is 12.0. The summed E-state index contributed by atoms with van der Waals surface area (Å²) in [5, 5.41) is 9.61. The Bertz CT molecular complexity index is 976. The highest BCUT2D eigenvalue weighted by molar-refractivity contribution is 6.06. The first-order chi connectivity index (χ1) is 11.6. The number of benzene rings is 1. The van der Waals surface area contributed by atoms with Crippen LogP contribution in [0.15, 0.2) is 42.6 Å². The Morgan fingerprint density at radius 3 is 2.92 bits per heavy atom. The van der Waals surface area contributed by atoms with Crippen molar-refractivity contribution in [2.75, 3.05) is 12.3 Å². The summed E-state index contributed by atoms with van der Waals surface area (Å²) in [5.74, 6) is -0.229. The van der Waals surface area contributed by atoms with Crippen LogP contribution in [0.2, 0.25) is 0 Å². The van der Waals surface area contributed by atoms with E-state index in [2.05, 4.69) is 16.0 Å². The van der Waals surface area contributed by atoms with Gasteiger partial charge in [0.1, 0.15) is 11.3 Å². The lowest BCUT2D eigenvalue weighted by molar-refractivity contribution is 0.0528. The van der Waals surface area contributed by atoms with Gasteiger partial charge in [-0.1, -0.05) is 12.1 Å². The lowest BCUT2D eigenvalue weighted by atomic mass is 10.1. The molecule has 0 saturated carbocycles. The van der Waals surface area contributed by atoms with Gasteiger partial charge in [0.15, 0.2) is 0 Å². The Kier molecular flexibility index (Phi) is 4.08. The van der Waals surface area contributed by atoms with Gasteiger partial charge < -0.3 is 10.5 Å². The molecule has 1 aromatic carbocycles. The standard InChI is InChI=1S/C18H14N4O2/c1-2-24-18(23)14-10-21-17(20)16-13(14)6-7-15(22-16)12-5-3-4-11(8-12)9-19/h3-8,10H,2H2,1H3,(H2,20,21). The minimum Gasteiger partial charge on any atom is -0.462 e. The van der Waals surface area contributed by atoms with Gasteiger partial charge in [0, 0.05) is 17.1 Å². The van der Waals surface area contributed by atoms with E-state index in [-0.39, 0.29) is 12.4 Å². The normalized spacial score (nSPS) is 10.3. The van der Waals surface area contributed by atoms with Crippen molar-refractivity contribution in [1.29, 1.82) is 5.26 Å². The van der Waals surface area contributed by atoms with Gasteiger partial charge >= 0.3 is 5.97 Å². The SMILES string of the molecule is CCOC(=O)c1cnc(N)c2nc(-c3cccc(C#N)c3)ccc12. The highest BCUT2D eigenvalue weighted by Crippen LogP contribution is 2.26. The number of nitrogen functional groups attached to an aromatic ring is 1. The van der Waals surface area contributed by atoms with Crippen molar-refractivity contribution in [2.45, 2.75) is 6.92 Å². The number of carbonyl (C=O) groups excluding carboxylic acids is 1. The molecule has 2 heterocycles. The Morgan fingerprint density at radius 2 is 2.17 bits per heavy atom. The first kappa shape index (κ1) is 15.4. The van der Waals surface area contributed by atoms with Gasteiger partial charge in [-0.25, -0.2) is 14.8 Å². The van der Waals surface area contributed by atoms with Gasteiger partial charge in [-0.05, 0) is 31.2 Å². The van der Waals surface area contributed by atoms with Crippen LogP contribution in [0.4, 0.5) is 5.82 Å². The number of pyridine rings is 2. The molecule has 3 rings (SSSR count). The first-order valence-electron chi connectivity index (χ1n) is 7.37. The quantitative estimate of drug-likeness (QED) is 0.745. The number of anilines is 1. The summed E-state index contributed by atoms with van der Waals surface area (Å²) >= 11 is 0. The van der Waals surface area contributed by atoms with E-state index in [1.165, 1.54) is 6.20 Å². The van der Waals surface area contributed by atoms with E-state index in [9.17, 15) is 4.79 Å². The molecule has 118 valence electrons. The summed E-state index contributed by atoms with van der Waals surface area (Å²) in [5.41, 5.74) is 8.66. The average molecular weight is 318 g/mol. The van der Waals surface area contributed by atoms with E-state index >= 15 is 0 Å². The molecule has 24 heavy (non-hydrogen) atoms. The van der Waals surface area contributed by atoms with E-state index in [1.54, 1.807) is 37.3 Å². The van der Waals surface area contributed by atoms with Gasteiger partial charge in [-0.2, -0.15) is 5.26 Å². The third-order valence-electron chi connectivity index (χ3n) is 3.54. The highest BCUT2D eigenvalue weighted by atomic mass is 16.5. The van der Waals surface area contributed by atoms with Crippen molar-refractivity contribution in [3.8, 4) is 17.3 Å². The molecule has 6 heteroatoms. The van der Waals surface area contributed by atoms with Crippen LogP contribution < -0.4 is 5.73 Å². The Balaban J connectivity index is 2.16. The summed E-state index contributed by atoms with van der Waals surface area (Å²) in [4.78, 5) is 20.6. The maximum absolute atomic E-state index is 12.0. The van der Waals surface area contributed by atoms with E-state index < -0.39 is 5.97 Å². The number of nitrogens with zero attached hydrogens (tertiary/aromatic N) is 3. The molecular formula is C18H14N4O2. The lowest BCUT2D eigenvalue weighted by Gasteiger charge is -2.09. The monoisotopic (exact) mass is 318 g/mol. The number of hydrogen-bond acceptors (Lipinski definition) is 6. The smallest absolute Gasteiger partial charge is 0.340 e. The van der Waals surface area contributed by atoms with Crippen LogP contribution in [0.1, 0.15) is 22.8 Å². The zero-order chi connectivity index (χ0) is 17.1. The molecule has 0 aliphatic rings. The number of carbonyl (C=O) groups is 1. The topological polar surface area (TPSA) is 102 Å². The van der Waals surface area contributed by atoms with Crippen LogP contribution in [0, 0.1) is 11.3 Å². The molecule has 6 nitrogen and oxygen atoms in total. The van der Waals surface area contributed by atoms with Gasteiger partial charge in [-0.15, -0.1) is 0 Å². The molecule has 0 atom stereocenters. The van der Waals surface area contributed by atoms with Crippen LogP contribution in [-0.2, 0) is 4.74 Å². The van der Waals surface area contributed by atoms with Crippen molar-refractivity contribution in [1.82, 2.24) is 9.97 Å². The third kappa shape index (κ3) is 2.75. The van der Waals surface area contributed by atoms with Crippen LogP contribution in [0.25, 0.3) is 22.2 Å². The Hall–Kier alpha value is -3.46. The number of rotatable bonds is 3. The van der Waals surface area contributed by atoms with Gasteiger partial charge in [0.2, 0.25) is 0 Å². The summed E-state index contributed by atoms with van der Waals surface area (Å²) in [6.07, 6.45) is 1.40. The first-order valence-corrected chi connectivity index (χ1v) is 7.37. The zero-order valence-electron chi connectivity index (χ0n) is 13.0. The molecule has 3 aromatic rings. The minimum atomic E-state index is -0.462. The van der Waals surface area contributed by atoms with Crippen LogP contribution in [0.5, 0.6) is 0 Å². The molecule has 0 fully saturated rings. The Morgan fingerprint density at radius 1 is 1.33 bits per heavy atom. The number of aromatic nitrogens is 2. The predicted octanol–water partition coefficient (Wildman–Crippen LogP) is 2.93. The summed E-state index contributed by atoms with van der Waals surface area (Å²) < 4.78 is 5.04. The Labute approximate surface area is 138 Å². The molecule has 0 saturated heterocycles. The second-order valence-corrected chi connectivity index (χ2v) is 5.06. The molecule has 0 radical (unpaired) electrons. The van der Waals surface area contributed by atoms with Crippen LogP contribution >= 0.6 is 0 Å². The number of ether oxygens (including phenoxy) is 1. The molecule has 2 aromatic heterocycles. The van der Waals surface area contributed by atoms with Gasteiger partial charge in [0.05, 0.1) is 29.5 Å². The minimum absolute atomic E-state index is 0.233. The van der Waals surface area contributed by atoms with Crippen LogP contribution in [0.3, 0.4) is 0 Å². The molecule has 2 N–H and O–H groups in total. The van der Waals surface area contributed by atoms with Gasteiger partial charge in [-0.3, -0.25) is 0 Å². The number of nitrogens with two attached hydrogens (primary N) is 1. The van der Waals surface area contributed by atoms with Crippen molar-refractivity contribution in [3.63, 3.8) is 0 Å². The number of fused-ring (bicyclic) bond motifs is 1. The molecule has 0 spiro atoms. The fourth-order valence-corrected chi connectivity index (χ4v) is 2.42. The lowest BCUT2D eigenvalue weighted by Crippen LogP contribution is -2.08. The van der Waals surface area contributed by atoms with E-state index in [1.807, 2.05) is 6.07 Å². The molecule has 0 aliphatic carbocycles. The van der Waals surface area contributed by atoms with E-state index in [0.29, 0.717) is 27.7 Å². The fourth-order valence-electron chi connectivity index (χ4n) is 2.42. The molecular weight excluding hydrogens is 304 g/mol. The summed E-state index contributed by atoms with van der Waals surface area (Å²) in [7, 11) is 0. The number of nitriles is 1. The van der Waals surface area contributed by atoms with Crippen LogP contribution in [-0.4, -0.2) is 22.5 Å². The highest BCUT2D eigenvalue weighted by Gasteiger charge is 2.15.